The van der Waals surface area contributed by atoms with Gasteiger partial charge in [-0.05, 0) is 24.3 Å². The fraction of sp³-hybridized carbons (Fsp3) is 0.250. The Morgan fingerprint density at radius 1 is 1.47 bits per heavy atom. The number of benzene rings is 1. The summed E-state index contributed by atoms with van der Waals surface area (Å²) in [6.45, 7) is 1.85. The molecule has 0 aromatic heterocycles. The van der Waals surface area contributed by atoms with Gasteiger partial charge in [0.2, 0.25) is 0 Å². The van der Waals surface area contributed by atoms with Crippen LogP contribution in [-0.4, -0.2) is 18.3 Å². The molecule has 0 N–H and O–H groups in total. The van der Waals surface area contributed by atoms with Crippen molar-refractivity contribution in [1.82, 2.24) is 0 Å². The smallest absolute Gasteiger partial charge is 0.302 e. The summed E-state index contributed by atoms with van der Waals surface area (Å²) in [7, 11) is 0. The van der Waals surface area contributed by atoms with Gasteiger partial charge >= 0.3 is 5.97 Å². The lowest BCUT2D eigenvalue weighted by molar-refractivity contribution is -0.140. The number of rotatable bonds is 4. The zero-order chi connectivity index (χ0) is 11.1. The van der Waals surface area contributed by atoms with Crippen LogP contribution in [0, 0.1) is 12.3 Å². The minimum atomic E-state index is -0.238. The number of ether oxygens (including phenoxy) is 1. The highest BCUT2D eigenvalue weighted by Gasteiger charge is 1.96. The first-order valence-electron chi connectivity index (χ1n) is 4.55. The van der Waals surface area contributed by atoms with Crippen LogP contribution in [0.5, 0.6) is 0 Å². The lowest BCUT2D eigenvalue weighted by Crippen LogP contribution is -2.02. The van der Waals surface area contributed by atoms with Crippen molar-refractivity contribution in [3.8, 4) is 12.3 Å². The van der Waals surface area contributed by atoms with Crippen molar-refractivity contribution >= 4 is 17.7 Å². The van der Waals surface area contributed by atoms with E-state index in [0.717, 1.165) is 16.2 Å². The summed E-state index contributed by atoms with van der Waals surface area (Å²) >= 11 is 1.64. The Morgan fingerprint density at radius 2 is 2.13 bits per heavy atom. The van der Waals surface area contributed by atoms with E-state index in [9.17, 15) is 4.79 Å². The molecule has 0 aliphatic rings. The lowest BCUT2D eigenvalue weighted by atomic mass is 10.2. The summed E-state index contributed by atoms with van der Waals surface area (Å²) in [5.74, 6) is 3.08. The Kier molecular flexibility index (Phi) is 4.79. The molecule has 2 nitrogen and oxygen atoms in total. The topological polar surface area (TPSA) is 26.3 Å². The van der Waals surface area contributed by atoms with Crippen LogP contribution in [0.1, 0.15) is 12.5 Å². The van der Waals surface area contributed by atoms with Crippen molar-refractivity contribution in [3.63, 3.8) is 0 Å². The maximum atomic E-state index is 10.5. The van der Waals surface area contributed by atoms with Crippen LogP contribution in [0.2, 0.25) is 0 Å². The minimum absolute atomic E-state index is 0.238. The van der Waals surface area contributed by atoms with Crippen LogP contribution in [0.25, 0.3) is 0 Å². The Hall–Kier alpha value is -1.40. The van der Waals surface area contributed by atoms with Gasteiger partial charge in [0.05, 0.1) is 0 Å². The van der Waals surface area contributed by atoms with E-state index in [1.165, 1.54) is 6.92 Å². The van der Waals surface area contributed by atoms with Gasteiger partial charge in [0.25, 0.3) is 0 Å². The van der Waals surface area contributed by atoms with E-state index in [-0.39, 0.29) is 5.97 Å². The number of hydrogen-bond acceptors (Lipinski definition) is 3. The molecule has 15 heavy (non-hydrogen) atoms. The number of terminal acetylenes is 1. The molecule has 0 aliphatic heterocycles. The molecule has 1 rings (SSSR count). The number of carbonyl (C=O) groups excluding carboxylic acids is 1. The second-order valence-corrected chi connectivity index (χ2v) is 4.03. The van der Waals surface area contributed by atoms with E-state index in [2.05, 4.69) is 5.92 Å². The number of carbonyl (C=O) groups is 1. The molecule has 0 aliphatic carbocycles. The Labute approximate surface area is 94.0 Å². The van der Waals surface area contributed by atoms with Gasteiger partial charge in [-0.3, -0.25) is 4.79 Å². The average molecular weight is 220 g/mol. The van der Waals surface area contributed by atoms with Crippen LogP contribution in [-0.2, 0) is 9.53 Å². The zero-order valence-electron chi connectivity index (χ0n) is 8.53. The Bertz CT molecular complexity index is 362. The van der Waals surface area contributed by atoms with Crippen molar-refractivity contribution in [2.24, 2.45) is 0 Å². The molecule has 0 spiro atoms. The SMILES string of the molecule is C#Cc1ccc(SCCOC(C)=O)cc1. The fourth-order valence-corrected chi connectivity index (χ4v) is 1.72. The van der Waals surface area contributed by atoms with Crippen molar-refractivity contribution in [1.29, 1.82) is 0 Å². The highest BCUT2D eigenvalue weighted by atomic mass is 32.2. The van der Waals surface area contributed by atoms with Gasteiger partial charge < -0.3 is 4.74 Å². The third-order valence-electron chi connectivity index (χ3n) is 1.68. The second-order valence-electron chi connectivity index (χ2n) is 2.86. The molecule has 0 bridgehead atoms. The summed E-state index contributed by atoms with van der Waals surface area (Å²) in [5, 5.41) is 0. The van der Waals surface area contributed by atoms with Gasteiger partial charge in [-0.25, -0.2) is 0 Å². The largest absolute Gasteiger partial charge is 0.465 e. The minimum Gasteiger partial charge on any atom is -0.465 e. The van der Waals surface area contributed by atoms with Crippen LogP contribution >= 0.6 is 11.8 Å². The Balaban J connectivity index is 2.32. The van der Waals surface area contributed by atoms with Gasteiger partial charge in [0.15, 0.2) is 0 Å². The van der Waals surface area contributed by atoms with Gasteiger partial charge in [-0.2, -0.15) is 0 Å². The third-order valence-corrected chi connectivity index (χ3v) is 2.65. The van der Waals surface area contributed by atoms with Gasteiger partial charge in [0.1, 0.15) is 6.61 Å². The molecular weight excluding hydrogens is 208 g/mol. The van der Waals surface area contributed by atoms with Gasteiger partial charge in [-0.1, -0.05) is 5.92 Å². The van der Waals surface area contributed by atoms with E-state index in [1.54, 1.807) is 11.8 Å². The highest BCUT2D eigenvalue weighted by molar-refractivity contribution is 7.99. The molecule has 1 aromatic rings. The van der Waals surface area contributed by atoms with E-state index in [1.807, 2.05) is 24.3 Å². The normalized spacial score (nSPS) is 9.33. The lowest BCUT2D eigenvalue weighted by Gasteiger charge is -2.02. The van der Waals surface area contributed by atoms with Crippen LogP contribution in [0.4, 0.5) is 0 Å². The quantitative estimate of drug-likeness (QED) is 0.337. The van der Waals surface area contributed by atoms with Crippen molar-refractivity contribution < 1.29 is 9.53 Å². The maximum absolute atomic E-state index is 10.5. The molecule has 3 heteroatoms. The second kappa shape index (κ2) is 6.15. The Morgan fingerprint density at radius 3 is 2.67 bits per heavy atom. The van der Waals surface area contributed by atoms with E-state index in [0.29, 0.717) is 6.61 Å². The molecule has 0 heterocycles. The predicted molar refractivity (Wildman–Crippen MR) is 61.7 cm³/mol. The molecule has 0 radical (unpaired) electrons. The van der Waals surface area contributed by atoms with E-state index < -0.39 is 0 Å². The third kappa shape index (κ3) is 4.57. The summed E-state index contributed by atoms with van der Waals surface area (Å²) < 4.78 is 4.82. The van der Waals surface area contributed by atoms with E-state index in [4.69, 9.17) is 11.2 Å². The molecule has 78 valence electrons. The van der Waals surface area contributed by atoms with Crippen molar-refractivity contribution in [3.05, 3.63) is 29.8 Å². The molecule has 0 amide bonds. The van der Waals surface area contributed by atoms with Gasteiger partial charge in [0, 0.05) is 23.1 Å². The highest BCUT2D eigenvalue weighted by Crippen LogP contribution is 2.17. The molecule has 0 unspecified atom stereocenters. The van der Waals surface area contributed by atoms with Crippen LogP contribution < -0.4 is 0 Å². The number of thioether (sulfide) groups is 1. The summed E-state index contributed by atoms with van der Waals surface area (Å²) in [6, 6.07) is 7.73. The van der Waals surface area contributed by atoms with Crippen LogP contribution in [0.15, 0.2) is 29.2 Å². The maximum Gasteiger partial charge on any atom is 0.302 e. The molecule has 0 fully saturated rings. The molecule has 1 aromatic carbocycles. The average Bonchev–Trinajstić information content (AvgIpc) is 2.25. The first kappa shape index (κ1) is 11.7. The zero-order valence-corrected chi connectivity index (χ0v) is 9.34. The van der Waals surface area contributed by atoms with Gasteiger partial charge in [-0.15, -0.1) is 18.2 Å². The predicted octanol–water partition coefficient (Wildman–Crippen LogP) is 2.32. The summed E-state index contributed by atoms with van der Waals surface area (Å²) in [4.78, 5) is 11.6. The van der Waals surface area contributed by atoms with E-state index >= 15 is 0 Å². The summed E-state index contributed by atoms with van der Waals surface area (Å²) in [6.07, 6.45) is 5.24. The number of esters is 1. The van der Waals surface area contributed by atoms with Crippen molar-refractivity contribution in [2.45, 2.75) is 11.8 Å². The molecule has 0 saturated carbocycles. The summed E-state index contributed by atoms with van der Waals surface area (Å²) in [5.41, 5.74) is 0.874. The first-order valence-corrected chi connectivity index (χ1v) is 5.54. The monoisotopic (exact) mass is 220 g/mol. The first-order chi connectivity index (χ1) is 7.22. The number of hydrogen-bond donors (Lipinski definition) is 0. The standard InChI is InChI=1S/C12H12O2S/c1-3-11-4-6-12(7-5-11)15-9-8-14-10(2)13/h1,4-7H,8-9H2,2H3. The molecule has 0 atom stereocenters. The molecular formula is C12H12O2S. The van der Waals surface area contributed by atoms with Crippen LogP contribution in [0.3, 0.4) is 0 Å². The van der Waals surface area contributed by atoms with Crippen molar-refractivity contribution in [2.75, 3.05) is 12.4 Å². The fourth-order valence-electron chi connectivity index (χ4n) is 0.992. The molecule has 0 saturated heterocycles.